The van der Waals surface area contributed by atoms with Crippen molar-refractivity contribution in [3.05, 3.63) is 71.4 Å². The van der Waals surface area contributed by atoms with Crippen LogP contribution in [0.25, 0.3) is 10.9 Å². The summed E-state index contributed by atoms with van der Waals surface area (Å²) in [5, 5.41) is 1.32. The first-order chi connectivity index (χ1) is 9.81. The van der Waals surface area contributed by atoms with Crippen LogP contribution in [0.15, 0.2) is 54.7 Å². The van der Waals surface area contributed by atoms with Gasteiger partial charge < -0.3 is 10.3 Å². The second kappa shape index (κ2) is 5.51. The van der Waals surface area contributed by atoms with E-state index in [4.69, 9.17) is 5.73 Å². The van der Waals surface area contributed by atoms with Crippen LogP contribution < -0.4 is 5.73 Å². The van der Waals surface area contributed by atoms with E-state index < -0.39 is 0 Å². The van der Waals surface area contributed by atoms with Gasteiger partial charge in [0.05, 0.1) is 5.52 Å². The molecule has 3 rings (SSSR count). The Bertz CT molecular complexity index is 725. The third kappa shape index (κ3) is 2.35. The fourth-order valence-electron chi connectivity index (χ4n) is 2.81. The molecule has 1 heterocycles. The molecule has 0 spiro atoms. The van der Waals surface area contributed by atoms with E-state index in [9.17, 15) is 0 Å². The summed E-state index contributed by atoms with van der Waals surface area (Å²) >= 11 is 0. The highest BCUT2D eigenvalue weighted by molar-refractivity contribution is 5.83. The van der Waals surface area contributed by atoms with Crippen molar-refractivity contribution in [1.29, 1.82) is 0 Å². The lowest BCUT2D eigenvalue weighted by molar-refractivity contribution is 0.828. The summed E-state index contributed by atoms with van der Waals surface area (Å²) in [6.07, 6.45) is 3.24. The van der Waals surface area contributed by atoms with Crippen LogP contribution in [0.5, 0.6) is 0 Å². The third-order valence-electron chi connectivity index (χ3n) is 3.83. The van der Waals surface area contributed by atoms with Crippen molar-refractivity contribution in [2.45, 2.75) is 26.4 Å². The van der Waals surface area contributed by atoms with E-state index in [0.717, 1.165) is 13.0 Å². The molecular weight excluding hydrogens is 244 g/mol. The number of para-hydroxylation sites is 1. The molecule has 0 bridgehead atoms. The van der Waals surface area contributed by atoms with Crippen molar-refractivity contribution < 1.29 is 0 Å². The number of nitrogens with two attached hydrogens (primary N) is 1. The zero-order valence-electron chi connectivity index (χ0n) is 11.8. The van der Waals surface area contributed by atoms with Crippen molar-refractivity contribution in [1.82, 2.24) is 4.57 Å². The highest BCUT2D eigenvalue weighted by atomic mass is 15.0. The lowest BCUT2D eigenvalue weighted by atomic mass is 10.1. The molecule has 0 fully saturated rings. The second-order valence-corrected chi connectivity index (χ2v) is 5.18. The molecule has 20 heavy (non-hydrogen) atoms. The first-order valence-electron chi connectivity index (χ1n) is 7.16. The number of hydrogen-bond donors (Lipinski definition) is 1. The average molecular weight is 264 g/mol. The van der Waals surface area contributed by atoms with Gasteiger partial charge in [0, 0.05) is 19.3 Å². The van der Waals surface area contributed by atoms with E-state index in [1.54, 1.807) is 0 Å². The Morgan fingerprint density at radius 2 is 1.80 bits per heavy atom. The van der Waals surface area contributed by atoms with Gasteiger partial charge in [0.15, 0.2) is 0 Å². The van der Waals surface area contributed by atoms with E-state index in [1.165, 1.54) is 27.6 Å². The molecule has 2 N–H and O–H groups in total. The molecule has 0 atom stereocenters. The van der Waals surface area contributed by atoms with E-state index in [2.05, 4.69) is 66.2 Å². The van der Waals surface area contributed by atoms with Crippen molar-refractivity contribution in [2.75, 3.05) is 0 Å². The lowest BCUT2D eigenvalue weighted by Gasteiger charge is -2.10. The number of aromatic nitrogens is 1. The molecular formula is C18H20N2. The Hall–Kier alpha value is -2.06. The van der Waals surface area contributed by atoms with Gasteiger partial charge in [-0.3, -0.25) is 0 Å². The maximum Gasteiger partial charge on any atom is 0.0515 e. The third-order valence-corrected chi connectivity index (χ3v) is 3.83. The van der Waals surface area contributed by atoms with Gasteiger partial charge in [-0.2, -0.15) is 0 Å². The summed E-state index contributed by atoms with van der Waals surface area (Å²) in [5.41, 5.74) is 11.0. The number of nitrogens with zero attached hydrogens (tertiary/aromatic N) is 1. The standard InChI is InChI=1S/C18H20N2/c1-2-16-7-4-8-17-9-10-20(18(16)17)13-15-6-3-5-14(11-15)12-19/h3-11H,2,12-13,19H2,1H3. The molecule has 3 aromatic rings. The summed E-state index contributed by atoms with van der Waals surface area (Å²) in [6.45, 7) is 3.70. The average Bonchev–Trinajstić information content (AvgIpc) is 2.90. The van der Waals surface area contributed by atoms with Crippen LogP contribution >= 0.6 is 0 Å². The van der Waals surface area contributed by atoms with Gasteiger partial charge in [0.1, 0.15) is 0 Å². The number of fused-ring (bicyclic) bond motifs is 1. The van der Waals surface area contributed by atoms with Gasteiger partial charge in [0.25, 0.3) is 0 Å². The minimum atomic E-state index is 0.598. The predicted octanol–water partition coefficient (Wildman–Crippen LogP) is 3.71. The maximum atomic E-state index is 5.72. The summed E-state index contributed by atoms with van der Waals surface area (Å²) < 4.78 is 2.34. The van der Waals surface area contributed by atoms with Crippen LogP contribution in [0.1, 0.15) is 23.6 Å². The molecule has 102 valence electrons. The van der Waals surface area contributed by atoms with Gasteiger partial charge >= 0.3 is 0 Å². The largest absolute Gasteiger partial charge is 0.343 e. The minimum Gasteiger partial charge on any atom is -0.343 e. The minimum absolute atomic E-state index is 0.598. The van der Waals surface area contributed by atoms with Crippen molar-refractivity contribution in [2.24, 2.45) is 5.73 Å². The van der Waals surface area contributed by atoms with Crippen LogP contribution in [0.4, 0.5) is 0 Å². The fraction of sp³-hybridized carbons (Fsp3) is 0.222. The molecule has 0 amide bonds. The maximum absolute atomic E-state index is 5.72. The van der Waals surface area contributed by atoms with Crippen LogP contribution in [-0.4, -0.2) is 4.57 Å². The van der Waals surface area contributed by atoms with Gasteiger partial charge in [-0.1, -0.05) is 49.4 Å². The number of benzene rings is 2. The molecule has 0 unspecified atom stereocenters. The fourth-order valence-corrected chi connectivity index (χ4v) is 2.81. The topological polar surface area (TPSA) is 30.9 Å². The summed E-state index contributed by atoms with van der Waals surface area (Å²) in [5.74, 6) is 0. The van der Waals surface area contributed by atoms with E-state index in [1.807, 2.05) is 0 Å². The number of hydrogen-bond acceptors (Lipinski definition) is 1. The zero-order chi connectivity index (χ0) is 13.9. The number of rotatable bonds is 4. The summed E-state index contributed by atoms with van der Waals surface area (Å²) in [4.78, 5) is 0. The smallest absolute Gasteiger partial charge is 0.0515 e. The molecule has 0 radical (unpaired) electrons. The number of aryl methyl sites for hydroxylation is 1. The molecule has 2 heteroatoms. The molecule has 2 nitrogen and oxygen atoms in total. The van der Waals surface area contributed by atoms with Crippen molar-refractivity contribution in [3.63, 3.8) is 0 Å². The van der Waals surface area contributed by atoms with Gasteiger partial charge in [-0.25, -0.2) is 0 Å². The van der Waals surface area contributed by atoms with Crippen LogP contribution in [-0.2, 0) is 19.5 Å². The lowest BCUT2D eigenvalue weighted by Crippen LogP contribution is -2.02. The highest BCUT2D eigenvalue weighted by Gasteiger charge is 2.06. The van der Waals surface area contributed by atoms with Gasteiger partial charge in [-0.15, -0.1) is 0 Å². The normalized spacial score (nSPS) is 11.1. The monoisotopic (exact) mass is 264 g/mol. The first kappa shape index (κ1) is 12.9. The Morgan fingerprint density at radius 1 is 1.00 bits per heavy atom. The Labute approximate surface area is 119 Å². The van der Waals surface area contributed by atoms with Crippen molar-refractivity contribution in [3.8, 4) is 0 Å². The van der Waals surface area contributed by atoms with E-state index in [0.29, 0.717) is 6.54 Å². The molecule has 0 saturated heterocycles. The first-order valence-corrected chi connectivity index (χ1v) is 7.16. The molecule has 0 aliphatic rings. The Balaban J connectivity index is 2.02. The quantitative estimate of drug-likeness (QED) is 0.765. The SMILES string of the molecule is CCc1cccc2ccn(Cc3cccc(CN)c3)c12. The van der Waals surface area contributed by atoms with Crippen LogP contribution in [0.3, 0.4) is 0 Å². The van der Waals surface area contributed by atoms with Gasteiger partial charge in [-0.05, 0) is 34.6 Å². The molecule has 1 aromatic heterocycles. The zero-order valence-corrected chi connectivity index (χ0v) is 11.8. The molecule has 2 aromatic carbocycles. The molecule has 0 aliphatic heterocycles. The molecule has 0 aliphatic carbocycles. The summed E-state index contributed by atoms with van der Waals surface area (Å²) in [6, 6.07) is 17.3. The summed E-state index contributed by atoms with van der Waals surface area (Å²) in [7, 11) is 0. The Morgan fingerprint density at radius 3 is 2.60 bits per heavy atom. The van der Waals surface area contributed by atoms with Crippen LogP contribution in [0.2, 0.25) is 0 Å². The highest BCUT2D eigenvalue weighted by Crippen LogP contribution is 2.22. The predicted molar refractivity (Wildman–Crippen MR) is 84.8 cm³/mol. The van der Waals surface area contributed by atoms with Crippen molar-refractivity contribution >= 4 is 10.9 Å². The Kier molecular flexibility index (Phi) is 3.57. The van der Waals surface area contributed by atoms with E-state index in [-0.39, 0.29) is 0 Å². The van der Waals surface area contributed by atoms with Gasteiger partial charge in [0.2, 0.25) is 0 Å². The van der Waals surface area contributed by atoms with E-state index >= 15 is 0 Å². The molecule has 0 saturated carbocycles. The van der Waals surface area contributed by atoms with Crippen LogP contribution in [0, 0.1) is 0 Å². The second-order valence-electron chi connectivity index (χ2n) is 5.18.